The molecule has 2 N–H and O–H groups in total. The van der Waals surface area contributed by atoms with Gasteiger partial charge in [0, 0.05) is 31.0 Å². The monoisotopic (exact) mass is 273 g/mol. The Balaban J connectivity index is 1.58. The van der Waals surface area contributed by atoms with Gasteiger partial charge in [-0.1, -0.05) is 0 Å². The minimum Gasteiger partial charge on any atom is -0.372 e. The summed E-state index contributed by atoms with van der Waals surface area (Å²) in [6.45, 7) is 4.14. The van der Waals surface area contributed by atoms with Gasteiger partial charge in [-0.25, -0.2) is 0 Å². The van der Waals surface area contributed by atoms with E-state index in [0.717, 1.165) is 44.7 Å². The van der Waals surface area contributed by atoms with E-state index in [1.807, 2.05) is 12.1 Å². The molecule has 0 saturated carbocycles. The Labute approximate surface area is 120 Å². The van der Waals surface area contributed by atoms with Crippen LogP contribution in [0, 0.1) is 5.92 Å². The van der Waals surface area contributed by atoms with Crippen molar-refractivity contribution in [2.75, 3.05) is 36.4 Å². The SMILES string of the molecule is O=C(Nc1ccc(N2CCCC2)cc1)[C@H]1CCCNC1. The lowest BCUT2D eigenvalue weighted by molar-refractivity contribution is -0.120. The first kappa shape index (κ1) is 13.4. The van der Waals surface area contributed by atoms with E-state index in [1.54, 1.807) is 0 Å². The molecule has 2 fully saturated rings. The van der Waals surface area contributed by atoms with E-state index in [1.165, 1.54) is 18.5 Å². The number of nitrogens with zero attached hydrogens (tertiary/aromatic N) is 1. The first-order valence-corrected chi connectivity index (χ1v) is 7.69. The molecule has 0 bridgehead atoms. The van der Waals surface area contributed by atoms with Crippen LogP contribution in [0.5, 0.6) is 0 Å². The minimum absolute atomic E-state index is 0.113. The lowest BCUT2D eigenvalue weighted by atomic mass is 9.99. The van der Waals surface area contributed by atoms with E-state index in [4.69, 9.17) is 0 Å². The summed E-state index contributed by atoms with van der Waals surface area (Å²) >= 11 is 0. The van der Waals surface area contributed by atoms with Crippen LogP contribution >= 0.6 is 0 Å². The Morgan fingerprint density at radius 3 is 2.55 bits per heavy atom. The smallest absolute Gasteiger partial charge is 0.228 e. The highest BCUT2D eigenvalue weighted by molar-refractivity contribution is 5.92. The fraction of sp³-hybridized carbons (Fsp3) is 0.562. The van der Waals surface area contributed by atoms with Crippen LogP contribution in [0.3, 0.4) is 0 Å². The summed E-state index contributed by atoms with van der Waals surface area (Å²) in [6, 6.07) is 8.25. The summed E-state index contributed by atoms with van der Waals surface area (Å²) in [6.07, 6.45) is 4.65. The number of carbonyl (C=O) groups excluding carboxylic acids is 1. The molecule has 0 radical (unpaired) electrons. The highest BCUT2D eigenvalue weighted by Crippen LogP contribution is 2.22. The first-order chi connectivity index (χ1) is 9.83. The van der Waals surface area contributed by atoms with Crippen molar-refractivity contribution in [3.63, 3.8) is 0 Å². The summed E-state index contributed by atoms with van der Waals surface area (Å²) in [5.74, 6) is 0.258. The molecule has 2 heterocycles. The van der Waals surface area contributed by atoms with Crippen molar-refractivity contribution in [2.24, 2.45) is 5.92 Å². The molecule has 2 aliphatic heterocycles. The quantitative estimate of drug-likeness (QED) is 0.887. The molecule has 20 heavy (non-hydrogen) atoms. The number of amides is 1. The van der Waals surface area contributed by atoms with Crippen molar-refractivity contribution >= 4 is 17.3 Å². The number of piperidine rings is 1. The number of nitrogens with one attached hydrogen (secondary N) is 2. The highest BCUT2D eigenvalue weighted by atomic mass is 16.1. The topological polar surface area (TPSA) is 44.4 Å². The number of hydrogen-bond acceptors (Lipinski definition) is 3. The van der Waals surface area contributed by atoms with Crippen LogP contribution in [-0.4, -0.2) is 32.1 Å². The van der Waals surface area contributed by atoms with Crippen LogP contribution in [0.4, 0.5) is 11.4 Å². The molecule has 1 amide bonds. The van der Waals surface area contributed by atoms with E-state index in [9.17, 15) is 4.79 Å². The second-order valence-corrected chi connectivity index (χ2v) is 5.77. The number of benzene rings is 1. The Morgan fingerprint density at radius 2 is 1.90 bits per heavy atom. The third-order valence-electron chi connectivity index (χ3n) is 4.27. The molecule has 4 nitrogen and oxygen atoms in total. The van der Waals surface area contributed by atoms with Crippen LogP contribution < -0.4 is 15.5 Å². The standard InChI is InChI=1S/C16H23N3O/c20-16(13-4-3-9-17-12-13)18-14-5-7-15(8-6-14)19-10-1-2-11-19/h5-8,13,17H,1-4,9-12H2,(H,18,20)/t13-/m0/s1. The third kappa shape index (κ3) is 3.12. The maximum Gasteiger partial charge on any atom is 0.228 e. The molecule has 0 aromatic heterocycles. The zero-order chi connectivity index (χ0) is 13.8. The largest absolute Gasteiger partial charge is 0.372 e. The van der Waals surface area contributed by atoms with Crippen LogP contribution in [0.15, 0.2) is 24.3 Å². The molecule has 3 rings (SSSR count). The van der Waals surface area contributed by atoms with Gasteiger partial charge in [-0.3, -0.25) is 4.79 Å². The normalized spacial score (nSPS) is 22.8. The van der Waals surface area contributed by atoms with E-state index in [-0.39, 0.29) is 11.8 Å². The Kier molecular flexibility index (Phi) is 4.21. The second-order valence-electron chi connectivity index (χ2n) is 5.77. The van der Waals surface area contributed by atoms with Gasteiger partial charge in [0.1, 0.15) is 0 Å². The lowest BCUT2D eigenvalue weighted by Gasteiger charge is -2.22. The van der Waals surface area contributed by atoms with Gasteiger partial charge < -0.3 is 15.5 Å². The summed E-state index contributed by atoms with van der Waals surface area (Å²) in [5.41, 5.74) is 2.17. The molecule has 2 aliphatic rings. The van der Waals surface area contributed by atoms with E-state index in [2.05, 4.69) is 27.7 Å². The zero-order valence-corrected chi connectivity index (χ0v) is 11.9. The predicted molar refractivity (Wildman–Crippen MR) is 82.1 cm³/mol. The van der Waals surface area contributed by atoms with Crippen molar-refractivity contribution < 1.29 is 4.79 Å². The number of anilines is 2. The van der Waals surface area contributed by atoms with Gasteiger partial charge in [0.05, 0.1) is 5.92 Å². The third-order valence-corrected chi connectivity index (χ3v) is 4.27. The fourth-order valence-electron chi connectivity index (χ4n) is 3.05. The molecule has 1 aromatic carbocycles. The Hall–Kier alpha value is -1.55. The number of hydrogen-bond donors (Lipinski definition) is 2. The Bertz CT molecular complexity index is 445. The number of carbonyl (C=O) groups is 1. The molecule has 108 valence electrons. The average Bonchev–Trinajstić information content (AvgIpc) is 3.03. The average molecular weight is 273 g/mol. The fourth-order valence-corrected chi connectivity index (χ4v) is 3.05. The van der Waals surface area contributed by atoms with E-state index in [0.29, 0.717) is 0 Å². The molecule has 0 spiro atoms. The second kappa shape index (κ2) is 6.27. The van der Waals surface area contributed by atoms with Gasteiger partial charge in [0.25, 0.3) is 0 Å². The molecule has 0 aliphatic carbocycles. The first-order valence-electron chi connectivity index (χ1n) is 7.69. The van der Waals surface area contributed by atoms with Crippen LogP contribution in [0.2, 0.25) is 0 Å². The molecule has 1 aromatic rings. The summed E-state index contributed by atoms with van der Waals surface area (Å²) in [7, 11) is 0. The molecule has 4 heteroatoms. The van der Waals surface area contributed by atoms with Gasteiger partial charge in [-0.2, -0.15) is 0 Å². The number of rotatable bonds is 3. The minimum atomic E-state index is 0.113. The van der Waals surface area contributed by atoms with Crippen molar-refractivity contribution in [3.8, 4) is 0 Å². The van der Waals surface area contributed by atoms with E-state index < -0.39 is 0 Å². The maximum absolute atomic E-state index is 12.1. The molecule has 0 unspecified atom stereocenters. The van der Waals surface area contributed by atoms with Crippen molar-refractivity contribution in [1.82, 2.24) is 5.32 Å². The summed E-state index contributed by atoms with van der Waals surface area (Å²) < 4.78 is 0. The van der Waals surface area contributed by atoms with Crippen molar-refractivity contribution in [1.29, 1.82) is 0 Å². The van der Waals surface area contributed by atoms with Crippen LogP contribution in [-0.2, 0) is 4.79 Å². The zero-order valence-electron chi connectivity index (χ0n) is 11.9. The van der Waals surface area contributed by atoms with Gasteiger partial charge in [0.15, 0.2) is 0 Å². The van der Waals surface area contributed by atoms with Crippen LogP contribution in [0.25, 0.3) is 0 Å². The van der Waals surface area contributed by atoms with Gasteiger partial charge in [-0.15, -0.1) is 0 Å². The Morgan fingerprint density at radius 1 is 1.15 bits per heavy atom. The summed E-state index contributed by atoms with van der Waals surface area (Å²) in [5, 5.41) is 6.31. The molecular formula is C16H23N3O. The molecule has 2 saturated heterocycles. The van der Waals surface area contributed by atoms with Gasteiger partial charge >= 0.3 is 0 Å². The highest BCUT2D eigenvalue weighted by Gasteiger charge is 2.20. The van der Waals surface area contributed by atoms with Gasteiger partial charge in [-0.05, 0) is 56.5 Å². The molecular weight excluding hydrogens is 250 g/mol. The maximum atomic E-state index is 12.1. The van der Waals surface area contributed by atoms with E-state index >= 15 is 0 Å². The van der Waals surface area contributed by atoms with Crippen LogP contribution in [0.1, 0.15) is 25.7 Å². The summed E-state index contributed by atoms with van der Waals surface area (Å²) in [4.78, 5) is 14.5. The lowest BCUT2D eigenvalue weighted by Crippen LogP contribution is -2.37. The van der Waals surface area contributed by atoms with Crippen molar-refractivity contribution in [3.05, 3.63) is 24.3 Å². The molecule has 1 atom stereocenters. The van der Waals surface area contributed by atoms with Gasteiger partial charge in [0.2, 0.25) is 5.91 Å². The predicted octanol–water partition coefficient (Wildman–Crippen LogP) is 2.22. The van der Waals surface area contributed by atoms with Crippen molar-refractivity contribution in [2.45, 2.75) is 25.7 Å².